The van der Waals surface area contributed by atoms with E-state index in [-0.39, 0.29) is 0 Å². The van der Waals surface area contributed by atoms with Gasteiger partial charge in [0.1, 0.15) is 0 Å². The van der Waals surface area contributed by atoms with Crippen molar-refractivity contribution in [2.45, 2.75) is 6.04 Å². The smallest absolute Gasteiger partial charge is 0.330 e. The lowest BCUT2D eigenvalue weighted by Gasteiger charge is -2.16. The number of carbonyl (C=O) groups is 1. The lowest BCUT2D eigenvalue weighted by atomic mass is 10.1. The highest BCUT2D eigenvalue weighted by atomic mass is 35.5. The SMILES string of the molecule is O=C(O)[C@H](Nc1cccc(Cl)c1)c1ccccc1. The van der Waals surface area contributed by atoms with Crippen LogP contribution >= 0.6 is 11.6 Å². The first kappa shape index (κ1) is 12.5. The predicted molar refractivity (Wildman–Crippen MR) is 71.9 cm³/mol. The highest BCUT2D eigenvalue weighted by Crippen LogP contribution is 2.22. The Kier molecular flexibility index (Phi) is 3.85. The number of halogens is 1. The van der Waals surface area contributed by atoms with E-state index in [2.05, 4.69) is 5.32 Å². The van der Waals surface area contributed by atoms with E-state index in [9.17, 15) is 9.90 Å². The molecule has 1 atom stereocenters. The normalized spacial score (nSPS) is 11.8. The zero-order chi connectivity index (χ0) is 13.0. The van der Waals surface area contributed by atoms with Crippen LogP contribution in [0.2, 0.25) is 5.02 Å². The van der Waals surface area contributed by atoms with Crippen LogP contribution in [0.25, 0.3) is 0 Å². The van der Waals surface area contributed by atoms with E-state index in [0.29, 0.717) is 16.3 Å². The van der Waals surface area contributed by atoms with Gasteiger partial charge >= 0.3 is 5.97 Å². The van der Waals surface area contributed by atoms with E-state index in [4.69, 9.17) is 11.6 Å². The fourth-order valence-electron chi connectivity index (χ4n) is 1.68. The second-order valence-corrected chi connectivity index (χ2v) is 4.27. The molecule has 0 unspecified atom stereocenters. The van der Waals surface area contributed by atoms with Gasteiger partial charge in [0.15, 0.2) is 6.04 Å². The largest absolute Gasteiger partial charge is 0.479 e. The van der Waals surface area contributed by atoms with Crippen molar-refractivity contribution < 1.29 is 9.90 Å². The number of carboxylic acids is 1. The summed E-state index contributed by atoms with van der Waals surface area (Å²) in [6, 6.07) is 15.2. The van der Waals surface area contributed by atoms with E-state index >= 15 is 0 Å². The van der Waals surface area contributed by atoms with Crippen LogP contribution in [0.15, 0.2) is 54.6 Å². The van der Waals surface area contributed by atoms with Gasteiger partial charge in [-0.15, -0.1) is 0 Å². The van der Waals surface area contributed by atoms with Crippen LogP contribution in [0.1, 0.15) is 11.6 Å². The van der Waals surface area contributed by atoms with Crippen molar-refractivity contribution in [2.24, 2.45) is 0 Å². The summed E-state index contributed by atoms with van der Waals surface area (Å²) < 4.78 is 0. The standard InChI is InChI=1S/C14H12ClNO2/c15-11-7-4-8-12(9-11)16-13(14(17)18)10-5-2-1-3-6-10/h1-9,13,16H,(H,17,18)/t13-/m1/s1. The maximum Gasteiger partial charge on any atom is 0.330 e. The Bertz CT molecular complexity index is 543. The maximum atomic E-state index is 11.3. The number of hydrogen-bond acceptors (Lipinski definition) is 2. The molecule has 92 valence electrons. The lowest BCUT2D eigenvalue weighted by molar-refractivity contribution is -0.138. The van der Waals surface area contributed by atoms with Crippen molar-refractivity contribution in [2.75, 3.05) is 5.32 Å². The van der Waals surface area contributed by atoms with Crippen LogP contribution in [-0.4, -0.2) is 11.1 Å². The second-order valence-electron chi connectivity index (χ2n) is 3.84. The molecule has 0 aliphatic carbocycles. The van der Waals surface area contributed by atoms with Crippen LogP contribution in [0.3, 0.4) is 0 Å². The molecule has 0 heterocycles. The molecule has 2 aromatic rings. The summed E-state index contributed by atoms with van der Waals surface area (Å²) in [5.41, 5.74) is 1.38. The number of hydrogen-bond donors (Lipinski definition) is 2. The summed E-state index contributed by atoms with van der Waals surface area (Å²) in [6.07, 6.45) is 0. The van der Waals surface area contributed by atoms with E-state index < -0.39 is 12.0 Å². The number of rotatable bonds is 4. The van der Waals surface area contributed by atoms with E-state index in [0.717, 1.165) is 0 Å². The molecule has 0 saturated carbocycles. The van der Waals surface area contributed by atoms with Crippen molar-refractivity contribution in [3.63, 3.8) is 0 Å². The van der Waals surface area contributed by atoms with Gasteiger partial charge in [-0.05, 0) is 23.8 Å². The van der Waals surface area contributed by atoms with Crippen LogP contribution in [0.5, 0.6) is 0 Å². The predicted octanol–water partition coefficient (Wildman–Crippen LogP) is 3.58. The summed E-state index contributed by atoms with van der Waals surface area (Å²) in [5.74, 6) is -0.929. The summed E-state index contributed by atoms with van der Waals surface area (Å²) >= 11 is 5.87. The zero-order valence-electron chi connectivity index (χ0n) is 9.51. The third-order valence-electron chi connectivity index (χ3n) is 2.52. The molecule has 2 N–H and O–H groups in total. The molecular formula is C14H12ClNO2. The minimum absolute atomic E-state index is 0.567. The Morgan fingerprint density at radius 1 is 1.11 bits per heavy atom. The van der Waals surface area contributed by atoms with Crippen LogP contribution in [0.4, 0.5) is 5.69 Å². The van der Waals surface area contributed by atoms with Gasteiger partial charge in [-0.2, -0.15) is 0 Å². The molecule has 2 aromatic carbocycles. The highest BCUT2D eigenvalue weighted by Gasteiger charge is 2.19. The van der Waals surface area contributed by atoms with Crippen molar-refractivity contribution in [1.29, 1.82) is 0 Å². The van der Waals surface area contributed by atoms with Crippen molar-refractivity contribution in [3.8, 4) is 0 Å². The van der Waals surface area contributed by atoms with Crippen molar-refractivity contribution >= 4 is 23.3 Å². The van der Waals surface area contributed by atoms with E-state index in [1.165, 1.54) is 0 Å². The molecule has 0 aliphatic rings. The van der Waals surface area contributed by atoms with Gasteiger partial charge in [0, 0.05) is 10.7 Å². The molecule has 0 fully saturated rings. The minimum atomic E-state index is -0.929. The second kappa shape index (κ2) is 5.56. The van der Waals surface area contributed by atoms with Crippen LogP contribution < -0.4 is 5.32 Å². The third kappa shape index (κ3) is 3.02. The topological polar surface area (TPSA) is 49.3 Å². The number of nitrogens with one attached hydrogen (secondary N) is 1. The molecule has 0 amide bonds. The number of carboxylic acid groups (broad SMARTS) is 1. The van der Waals surface area contributed by atoms with Crippen LogP contribution in [-0.2, 0) is 4.79 Å². The molecule has 0 aliphatic heterocycles. The highest BCUT2D eigenvalue weighted by molar-refractivity contribution is 6.30. The van der Waals surface area contributed by atoms with Crippen molar-refractivity contribution in [1.82, 2.24) is 0 Å². The fourth-order valence-corrected chi connectivity index (χ4v) is 1.87. The zero-order valence-corrected chi connectivity index (χ0v) is 10.3. The van der Waals surface area contributed by atoms with E-state index in [1.807, 2.05) is 18.2 Å². The maximum absolute atomic E-state index is 11.3. The fraction of sp³-hybridized carbons (Fsp3) is 0.0714. The molecule has 0 bridgehead atoms. The van der Waals surface area contributed by atoms with E-state index in [1.54, 1.807) is 36.4 Å². The van der Waals surface area contributed by atoms with Crippen molar-refractivity contribution in [3.05, 3.63) is 65.2 Å². The van der Waals surface area contributed by atoms with Gasteiger partial charge in [0.2, 0.25) is 0 Å². The van der Waals surface area contributed by atoms with Gasteiger partial charge in [-0.1, -0.05) is 48.0 Å². The first-order valence-corrected chi connectivity index (χ1v) is 5.84. The molecule has 0 spiro atoms. The first-order valence-electron chi connectivity index (χ1n) is 5.46. The number of benzene rings is 2. The van der Waals surface area contributed by atoms with Gasteiger partial charge in [0.25, 0.3) is 0 Å². The average molecular weight is 262 g/mol. The molecule has 2 rings (SSSR count). The monoisotopic (exact) mass is 261 g/mol. The Hall–Kier alpha value is -2.00. The van der Waals surface area contributed by atoms with Gasteiger partial charge in [-0.3, -0.25) is 0 Å². The summed E-state index contributed by atoms with van der Waals surface area (Å²) in [6.45, 7) is 0. The number of anilines is 1. The summed E-state index contributed by atoms with van der Waals surface area (Å²) in [5, 5.41) is 12.8. The van der Waals surface area contributed by atoms with Gasteiger partial charge < -0.3 is 10.4 Å². The molecule has 0 radical (unpaired) electrons. The molecule has 0 aromatic heterocycles. The lowest BCUT2D eigenvalue weighted by Crippen LogP contribution is -2.20. The Morgan fingerprint density at radius 2 is 1.83 bits per heavy atom. The Morgan fingerprint density at radius 3 is 2.44 bits per heavy atom. The summed E-state index contributed by atoms with van der Waals surface area (Å²) in [7, 11) is 0. The third-order valence-corrected chi connectivity index (χ3v) is 2.75. The van der Waals surface area contributed by atoms with Gasteiger partial charge in [-0.25, -0.2) is 4.79 Å². The number of aliphatic carboxylic acids is 1. The average Bonchev–Trinajstić information content (AvgIpc) is 2.37. The molecular weight excluding hydrogens is 250 g/mol. The molecule has 0 saturated heterocycles. The first-order chi connectivity index (χ1) is 8.66. The Labute approximate surface area is 110 Å². The van der Waals surface area contributed by atoms with Crippen LogP contribution in [0, 0.1) is 0 Å². The molecule has 4 heteroatoms. The van der Waals surface area contributed by atoms with Gasteiger partial charge in [0.05, 0.1) is 0 Å². The quantitative estimate of drug-likeness (QED) is 0.884. The molecule has 3 nitrogen and oxygen atoms in total. The Balaban J connectivity index is 2.25. The summed E-state index contributed by atoms with van der Waals surface area (Å²) in [4.78, 5) is 11.3. The minimum Gasteiger partial charge on any atom is -0.479 e. The molecule has 18 heavy (non-hydrogen) atoms.